The summed E-state index contributed by atoms with van der Waals surface area (Å²) in [5.74, 6) is -1.54. The number of morpholine rings is 1. The highest BCUT2D eigenvalue weighted by Gasteiger charge is 2.53. The second kappa shape index (κ2) is 9.66. The molecule has 34 heavy (non-hydrogen) atoms. The van der Waals surface area contributed by atoms with Gasteiger partial charge >= 0.3 is 0 Å². The number of piperidine rings is 1. The number of thiol groups is 1. The van der Waals surface area contributed by atoms with Crippen LogP contribution in [0.25, 0.3) is 0 Å². The molecule has 2 unspecified atom stereocenters. The second-order valence-electron chi connectivity index (χ2n) is 8.39. The normalized spacial score (nSPS) is 23.4. The van der Waals surface area contributed by atoms with Crippen molar-refractivity contribution in [2.24, 2.45) is 0 Å². The number of Topliss-reactive ketones (excluding diaryl/α,β-unsaturated/α-hetero) is 1. The summed E-state index contributed by atoms with van der Waals surface area (Å²) in [6.07, 6.45) is 0.0954. The minimum Gasteiger partial charge on any atom is -0.378 e. The van der Waals surface area contributed by atoms with Crippen LogP contribution in [0.5, 0.6) is 0 Å². The molecule has 3 aromatic rings. The molecule has 2 fully saturated rings. The fraction of sp³-hybridized carbons (Fsp3) is 0.280. The Morgan fingerprint density at radius 1 is 1.09 bits per heavy atom. The SMILES string of the molecule is O=C1CC(c2ccsc2)(c2ccc(N3CCOCC3)c(Br)c2)N(S)C(=O)C1c1ccccc1Cl. The summed E-state index contributed by atoms with van der Waals surface area (Å²) in [7, 11) is 0. The third-order valence-electron chi connectivity index (χ3n) is 6.56. The molecule has 2 aliphatic heterocycles. The van der Waals surface area contributed by atoms with Crippen molar-refractivity contribution in [3.63, 3.8) is 0 Å². The molecule has 5 rings (SSSR count). The zero-order valence-corrected chi connectivity index (χ0v) is 22.2. The van der Waals surface area contributed by atoms with E-state index in [2.05, 4.69) is 20.8 Å². The second-order valence-corrected chi connectivity index (χ2v) is 10.8. The number of amides is 1. The van der Waals surface area contributed by atoms with Crippen LogP contribution in [0, 0.1) is 0 Å². The summed E-state index contributed by atoms with van der Waals surface area (Å²) in [6.45, 7) is 2.99. The number of hydrogen-bond donors (Lipinski definition) is 1. The number of halogens is 2. The van der Waals surface area contributed by atoms with E-state index in [1.165, 1.54) is 15.6 Å². The molecule has 2 saturated heterocycles. The van der Waals surface area contributed by atoms with Gasteiger partial charge in [0.05, 0.1) is 18.9 Å². The smallest absolute Gasteiger partial charge is 0.248 e. The van der Waals surface area contributed by atoms with E-state index in [1.54, 1.807) is 24.3 Å². The number of benzene rings is 2. The van der Waals surface area contributed by atoms with E-state index in [0.29, 0.717) is 23.8 Å². The number of hydrogen-bond acceptors (Lipinski definition) is 6. The number of nitrogens with zero attached hydrogens (tertiary/aromatic N) is 2. The Bertz CT molecular complexity index is 1230. The number of ether oxygens (including phenoxy) is 1. The number of anilines is 1. The predicted molar refractivity (Wildman–Crippen MR) is 142 cm³/mol. The molecule has 0 radical (unpaired) electrons. The summed E-state index contributed by atoms with van der Waals surface area (Å²) >= 11 is 16.4. The van der Waals surface area contributed by atoms with Crippen LogP contribution < -0.4 is 4.90 Å². The van der Waals surface area contributed by atoms with Crippen LogP contribution in [-0.4, -0.2) is 42.3 Å². The zero-order valence-electron chi connectivity index (χ0n) is 18.1. The van der Waals surface area contributed by atoms with E-state index in [-0.39, 0.29) is 18.1 Å². The van der Waals surface area contributed by atoms with Gasteiger partial charge in [-0.25, -0.2) is 0 Å². The number of carbonyl (C=O) groups is 2. The number of carbonyl (C=O) groups excluding carboxylic acids is 2. The van der Waals surface area contributed by atoms with Crippen molar-refractivity contribution in [1.29, 1.82) is 0 Å². The van der Waals surface area contributed by atoms with Crippen molar-refractivity contribution in [1.82, 2.24) is 4.31 Å². The maximum atomic E-state index is 13.7. The first kappa shape index (κ1) is 23.9. The first-order valence-electron chi connectivity index (χ1n) is 10.9. The van der Waals surface area contributed by atoms with E-state index in [4.69, 9.17) is 29.2 Å². The van der Waals surface area contributed by atoms with Crippen LogP contribution in [0.1, 0.15) is 29.0 Å². The van der Waals surface area contributed by atoms with Crippen LogP contribution >= 0.6 is 51.7 Å². The van der Waals surface area contributed by atoms with Crippen molar-refractivity contribution < 1.29 is 14.3 Å². The fourth-order valence-electron chi connectivity index (χ4n) is 4.83. The molecule has 176 valence electrons. The van der Waals surface area contributed by atoms with Gasteiger partial charge in [-0.3, -0.25) is 13.9 Å². The average Bonchev–Trinajstić information content (AvgIpc) is 3.39. The molecule has 0 aliphatic carbocycles. The maximum absolute atomic E-state index is 13.7. The van der Waals surface area contributed by atoms with Crippen molar-refractivity contribution in [3.8, 4) is 0 Å². The van der Waals surface area contributed by atoms with Crippen LogP contribution in [0.4, 0.5) is 5.69 Å². The van der Waals surface area contributed by atoms with Crippen molar-refractivity contribution in [2.75, 3.05) is 31.2 Å². The Hall–Kier alpha value is -1.84. The van der Waals surface area contributed by atoms with Gasteiger partial charge in [0.1, 0.15) is 11.5 Å². The van der Waals surface area contributed by atoms with E-state index >= 15 is 0 Å². The van der Waals surface area contributed by atoms with Crippen LogP contribution in [0.3, 0.4) is 0 Å². The summed E-state index contributed by atoms with van der Waals surface area (Å²) in [6, 6.07) is 15.0. The highest BCUT2D eigenvalue weighted by atomic mass is 79.9. The molecule has 2 aliphatic rings. The third kappa shape index (κ3) is 3.99. The lowest BCUT2D eigenvalue weighted by molar-refractivity contribution is -0.142. The van der Waals surface area contributed by atoms with E-state index in [1.807, 2.05) is 35.0 Å². The average molecular weight is 578 g/mol. The Kier molecular flexibility index (Phi) is 6.79. The Morgan fingerprint density at radius 2 is 1.85 bits per heavy atom. The molecule has 0 bridgehead atoms. The molecule has 3 heterocycles. The van der Waals surface area contributed by atoms with Gasteiger partial charge in [-0.15, -0.1) is 0 Å². The molecular weight excluding hydrogens is 556 g/mol. The Morgan fingerprint density at radius 3 is 2.53 bits per heavy atom. The lowest BCUT2D eigenvalue weighted by Crippen LogP contribution is -2.54. The number of thiophene rings is 1. The molecule has 0 saturated carbocycles. The van der Waals surface area contributed by atoms with E-state index in [0.717, 1.165) is 34.4 Å². The molecule has 0 spiro atoms. The topological polar surface area (TPSA) is 49.9 Å². The minimum absolute atomic E-state index is 0.0954. The summed E-state index contributed by atoms with van der Waals surface area (Å²) in [4.78, 5) is 29.6. The Labute approximate surface area is 221 Å². The molecule has 1 aromatic heterocycles. The lowest BCUT2D eigenvalue weighted by atomic mass is 9.73. The molecule has 5 nitrogen and oxygen atoms in total. The van der Waals surface area contributed by atoms with Crippen LogP contribution in [-0.2, 0) is 19.9 Å². The monoisotopic (exact) mass is 576 g/mol. The quantitative estimate of drug-likeness (QED) is 0.321. The van der Waals surface area contributed by atoms with Gasteiger partial charge in [0.15, 0.2) is 5.78 Å². The highest BCUT2D eigenvalue weighted by molar-refractivity contribution is 9.10. The summed E-state index contributed by atoms with van der Waals surface area (Å²) in [5, 5.41) is 4.32. The van der Waals surface area contributed by atoms with Crippen LogP contribution in [0.15, 0.2) is 63.8 Å². The standard InChI is InChI=1S/C25H22BrClN2O3S2/c26-19-13-16(5-6-21(19)28-8-10-32-11-9-28)25(17-7-12-34-15-17)14-22(30)23(24(31)29(25)33)18-3-1-2-4-20(18)27/h1-7,12-13,15,23,33H,8-11,14H2. The van der Waals surface area contributed by atoms with Gasteiger partial charge in [-0.2, -0.15) is 11.3 Å². The first-order valence-corrected chi connectivity index (χ1v) is 13.4. The lowest BCUT2D eigenvalue weighted by Gasteiger charge is -2.46. The van der Waals surface area contributed by atoms with Gasteiger partial charge in [-0.1, -0.05) is 48.7 Å². The van der Waals surface area contributed by atoms with Gasteiger partial charge < -0.3 is 9.64 Å². The molecule has 0 N–H and O–H groups in total. The molecule has 2 atom stereocenters. The summed E-state index contributed by atoms with van der Waals surface area (Å²) in [5.41, 5.74) is 2.23. The summed E-state index contributed by atoms with van der Waals surface area (Å²) < 4.78 is 7.81. The van der Waals surface area contributed by atoms with Gasteiger partial charge in [0.25, 0.3) is 0 Å². The first-order chi connectivity index (χ1) is 16.4. The molecule has 2 aromatic carbocycles. The van der Waals surface area contributed by atoms with E-state index in [9.17, 15) is 9.59 Å². The van der Waals surface area contributed by atoms with Crippen molar-refractivity contribution in [3.05, 3.63) is 85.5 Å². The zero-order chi connectivity index (χ0) is 23.9. The maximum Gasteiger partial charge on any atom is 0.248 e. The van der Waals surface area contributed by atoms with Crippen LogP contribution in [0.2, 0.25) is 5.02 Å². The minimum atomic E-state index is -1.03. The van der Waals surface area contributed by atoms with Crippen molar-refractivity contribution >= 4 is 69.1 Å². The van der Waals surface area contributed by atoms with E-state index < -0.39 is 11.5 Å². The van der Waals surface area contributed by atoms with Gasteiger partial charge in [0, 0.05) is 29.0 Å². The third-order valence-corrected chi connectivity index (χ3v) is 8.76. The van der Waals surface area contributed by atoms with Gasteiger partial charge in [0.2, 0.25) is 5.91 Å². The predicted octanol–water partition coefficient (Wildman–Crippen LogP) is 5.67. The molecule has 1 amide bonds. The van der Waals surface area contributed by atoms with Gasteiger partial charge in [-0.05, 0) is 67.6 Å². The number of ketones is 1. The Balaban J connectivity index is 1.59. The molecular formula is C25H22BrClN2O3S2. The largest absolute Gasteiger partial charge is 0.378 e. The molecule has 9 heteroatoms. The fourth-order valence-corrected chi connectivity index (χ4v) is 6.85. The number of rotatable bonds is 4. The van der Waals surface area contributed by atoms with Crippen molar-refractivity contribution in [2.45, 2.75) is 17.9 Å². The highest BCUT2D eigenvalue weighted by Crippen LogP contribution is 2.49.